The van der Waals surface area contributed by atoms with Crippen LogP contribution in [0.25, 0.3) is 12.2 Å². The van der Waals surface area contributed by atoms with Gasteiger partial charge in [-0.2, -0.15) is 0 Å². The highest BCUT2D eigenvalue weighted by atomic mass is 32.1. The first-order valence-electron chi connectivity index (χ1n) is 11.2. The fraction of sp³-hybridized carbons (Fsp3) is 0.357. The molecule has 0 radical (unpaired) electrons. The Labute approximate surface area is 194 Å². The topological polar surface area (TPSA) is 50.2 Å². The van der Waals surface area contributed by atoms with E-state index < -0.39 is 5.97 Å². The minimum absolute atomic E-state index is 0.157. The molecule has 3 aromatic rings. The molecule has 4 heteroatoms. The molecule has 166 valence electrons. The van der Waals surface area contributed by atoms with Crippen molar-refractivity contribution in [3.05, 3.63) is 86.4 Å². The van der Waals surface area contributed by atoms with E-state index in [9.17, 15) is 4.79 Å². The molecule has 0 unspecified atom stereocenters. The fourth-order valence-electron chi connectivity index (χ4n) is 4.59. The van der Waals surface area contributed by atoms with Crippen LogP contribution >= 0.6 is 11.3 Å². The van der Waals surface area contributed by atoms with Gasteiger partial charge in [-0.3, -0.25) is 0 Å². The Kier molecular flexibility index (Phi) is 6.09. The molecule has 0 fully saturated rings. The van der Waals surface area contributed by atoms with Crippen LogP contribution in [0, 0.1) is 0 Å². The van der Waals surface area contributed by atoms with Gasteiger partial charge in [-0.15, -0.1) is 11.3 Å². The van der Waals surface area contributed by atoms with Crippen molar-refractivity contribution in [2.75, 3.05) is 0 Å². The Morgan fingerprint density at radius 2 is 1.66 bits per heavy atom. The Morgan fingerprint density at radius 1 is 1.00 bits per heavy atom. The van der Waals surface area contributed by atoms with E-state index in [1.54, 1.807) is 23.5 Å². The number of nitrogens with zero attached hydrogens (tertiary/aromatic N) is 1. The van der Waals surface area contributed by atoms with E-state index in [4.69, 9.17) is 5.11 Å². The standard InChI is InChI=1S/C28H31NO2S/c1-27(2)13-14-28(3,4)24-18-22(11-12-25-29-15-16-32-25)21(17-23(24)27)10-7-19-5-8-20(9-6-19)26(30)31/h5-10,15-18H,11-14H2,1-4H3,(H,30,31). The minimum Gasteiger partial charge on any atom is -0.478 e. The van der Waals surface area contributed by atoms with Crippen LogP contribution in [-0.2, 0) is 23.7 Å². The molecule has 32 heavy (non-hydrogen) atoms. The molecule has 3 nitrogen and oxygen atoms in total. The number of carbonyl (C=O) groups is 1. The molecule has 1 aromatic heterocycles. The third kappa shape index (κ3) is 4.71. The molecule has 1 aliphatic carbocycles. The van der Waals surface area contributed by atoms with Crippen molar-refractivity contribution in [2.24, 2.45) is 0 Å². The van der Waals surface area contributed by atoms with Crippen molar-refractivity contribution >= 4 is 29.5 Å². The van der Waals surface area contributed by atoms with E-state index in [0.29, 0.717) is 5.56 Å². The van der Waals surface area contributed by atoms with Gasteiger partial charge in [0.15, 0.2) is 0 Å². The summed E-state index contributed by atoms with van der Waals surface area (Å²) in [4.78, 5) is 15.6. The van der Waals surface area contributed by atoms with E-state index in [1.165, 1.54) is 40.1 Å². The van der Waals surface area contributed by atoms with E-state index in [0.717, 1.165) is 18.4 Å². The lowest BCUT2D eigenvalue weighted by Crippen LogP contribution is -2.34. The molecule has 4 rings (SSSR count). The maximum Gasteiger partial charge on any atom is 0.335 e. The average Bonchev–Trinajstić information content (AvgIpc) is 3.28. The summed E-state index contributed by atoms with van der Waals surface area (Å²) in [6.07, 6.45) is 10.4. The van der Waals surface area contributed by atoms with E-state index in [-0.39, 0.29) is 10.8 Å². The molecule has 1 aliphatic rings. The van der Waals surface area contributed by atoms with Gasteiger partial charge in [-0.05, 0) is 70.0 Å². The lowest BCUT2D eigenvalue weighted by molar-refractivity contribution is 0.0697. The van der Waals surface area contributed by atoms with E-state index in [1.807, 2.05) is 23.7 Å². The van der Waals surface area contributed by atoms with Gasteiger partial charge in [0.1, 0.15) is 0 Å². The van der Waals surface area contributed by atoms with Crippen LogP contribution < -0.4 is 0 Å². The number of hydrogen-bond acceptors (Lipinski definition) is 3. The highest BCUT2D eigenvalue weighted by Gasteiger charge is 2.37. The van der Waals surface area contributed by atoms with Crippen molar-refractivity contribution < 1.29 is 9.90 Å². The fourth-order valence-corrected chi connectivity index (χ4v) is 5.21. The number of fused-ring (bicyclic) bond motifs is 1. The average molecular weight is 446 g/mol. The molecule has 2 aromatic carbocycles. The van der Waals surface area contributed by atoms with Crippen molar-refractivity contribution in [1.29, 1.82) is 0 Å². The number of hydrogen-bond donors (Lipinski definition) is 1. The second kappa shape index (κ2) is 8.67. The minimum atomic E-state index is -0.899. The first-order chi connectivity index (χ1) is 15.2. The lowest BCUT2D eigenvalue weighted by Gasteiger charge is -2.42. The molecule has 0 saturated heterocycles. The monoisotopic (exact) mass is 445 g/mol. The maximum atomic E-state index is 11.1. The normalized spacial score (nSPS) is 16.8. The molecule has 0 saturated carbocycles. The Morgan fingerprint density at radius 3 is 2.25 bits per heavy atom. The molecular formula is C28H31NO2S. The van der Waals surface area contributed by atoms with Crippen LogP contribution in [-0.4, -0.2) is 16.1 Å². The molecule has 0 bridgehead atoms. The van der Waals surface area contributed by atoms with Crippen molar-refractivity contribution in [3.63, 3.8) is 0 Å². The van der Waals surface area contributed by atoms with Crippen LogP contribution in [0.2, 0.25) is 0 Å². The second-order valence-corrected chi connectivity index (χ2v) is 11.0. The van der Waals surface area contributed by atoms with Crippen molar-refractivity contribution in [1.82, 2.24) is 4.98 Å². The van der Waals surface area contributed by atoms with Gasteiger partial charge in [-0.1, -0.05) is 64.1 Å². The Balaban J connectivity index is 1.73. The van der Waals surface area contributed by atoms with Gasteiger partial charge < -0.3 is 5.11 Å². The zero-order chi connectivity index (χ0) is 22.9. The summed E-state index contributed by atoms with van der Waals surface area (Å²) in [5.74, 6) is -0.899. The molecule has 0 spiro atoms. The molecule has 1 heterocycles. The maximum absolute atomic E-state index is 11.1. The molecule has 0 atom stereocenters. The number of carboxylic acid groups (broad SMARTS) is 1. The highest BCUT2D eigenvalue weighted by Crippen LogP contribution is 2.46. The molecule has 1 N–H and O–H groups in total. The zero-order valence-electron chi connectivity index (χ0n) is 19.3. The van der Waals surface area contributed by atoms with Crippen molar-refractivity contribution in [3.8, 4) is 0 Å². The predicted molar refractivity (Wildman–Crippen MR) is 134 cm³/mol. The van der Waals surface area contributed by atoms with Gasteiger partial charge in [0.05, 0.1) is 10.6 Å². The van der Waals surface area contributed by atoms with Crippen molar-refractivity contribution in [2.45, 2.75) is 64.2 Å². The number of carboxylic acids is 1. The number of rotatable bonds is 6. The third-order valence-corrected chi connectivity index (χ3v) is 7.66. The van der Waals surface area contributed by atoms with E-state index in [2.05, 4.69) is 57.0 Å². The number of thiazole rings is 1. The van der Waals surface area contributed by atoms with Gasteiger partial charge in [-0.25, -0.2) is 9.78 Å². The predicted octanol–water partition coefficient (Wildman–Crippen LogP) is 7.15. The van der Waals surface area contributed by atoms with Crippen LogP contribution in [0.3, 0.4) is 0 Å². The first kappa shape index (κ1) is 22.5. The Hall–Kier alpha value is -2.72. The highest BCUT2D eigenvalue weighted by molar-refractivity contribution is 7.09. The molecular weight excluding hydrogens is 414 g/mol. The quantitative estimate of drug-likeness (QED) is 0.410. The van der Waals surface area contributed by atoms with Gasteiger partial charge in [0, 0.05) is 18.0 Å². The number of benzene rings is 2. The van der Waals surface area contributed by atoms with Crippen LogP contribution in [0.4, 0.5) is 0 Å². The lowest BCUT2D eigenvalue weighted by atomic mass is 9.62. The second-order valence-electron chi connectivity index (χ2n) is 10.1. The van der Waals surface area contributed by atoms with Crippen LogP contribution in [0.5, 0.6) is 0 Å². The summed E-state index contributed by atoms with van der Waals surface area (Å²) in [7, 11) is 0. The van der Waals surface area contributed by atoms with E-state index >= 15 is 0 Å². The van der Waals surface area contributed by atoms with Gasteiger partial charge >= 0.3 is 5.97 Å². The summed E-state index contributed by atoms with van der Waals surface area (Å²) in [6, 6.07) is 11.9. The summed E-state index contributed by atoms with van der Waals surface area (Å²) >= 11 is 1.71. The third-order valence-electron chi connectivity index (χ3n) is 6.82. The summed E-state index contributed by atoms with van der Waals surface area (Å²) in [6.45, 7) is 9.44. The van der Waals surface area contributed by atoms with Crippen LogP contribution in [0.15, 0.2) is 48.0 Å². The number of aromatic carboxylic acids is 1. The van der Waals surface area contributed by atoms with Gasteiger partial charge in [0.2, 0.25) is 0 Å². The zero-order valence-corrected chi connectivity index (χ0v) is 20.1. The SMILES string of the molecule is CC1(C)CCC(C)(C)c2cc(CCc3nccs3)c(C=Cc3ccc(C(=O)O)cc3)cc21. The first-order valence-corrected chi connectivity index (χ1v) is 12.1. The summed E-state index contributed by atoms with van der Waals surface area (Å²) < 4.78 is 0. The smallest absolute Gasteiger partial charge is 0.335 e. The Bertz CT molecular complexity index is 1140. The largest absolute Gasteiger partial charge is 0.478 e. The molecule has 0 aliphatic heterocycles. The number of aryl methyl sites for hydroxylation is 2. The van der Waals surface area contributed by atoms with Crippen LogP contribution in [0.1, 0.15) is 83.7 Å². The van der Waals surface area contributed by atoms with Gasteiger partial charge in [0.25, 0.3) is 0 Å². The number of aromatic nitrogens is 1. The molecule has 0 amide bonds. The summed E-state index contributed by atoms with van der Waals surface area (Å²) in [5, 5.41) is 12.3. The summed E-state index contributed by atoms with van der Waals surface area (Å²) in [5.41, 5.74) is 7.16.